The van der Waals surface area contributed by atoms with Crippen LogP contribution >= 0.6 is 11.8 Å². The zero-order chi connectivity index (χ0) is 19.9. The first-order valence-electron chi connectivity index (χ1n) is 9.93. The topological polar surface area (TPSA) is 81.3 Å². The van der Waals surface area contributed by atoms with E-state index in [1.54, 1.807) is 4.57 Å². The molecule has 8 heteroatoms. The van der Waals surface area contributed by atoms with Crippen LogP contribution in [0.25, 0.3) is 16.7 Å². The SMILES string of the molecule is CCCCCNC(=O)CSc1nnc2n(CCCC)c(=O)c3ccccc3n12. The highest BCUT2D eigenvalue weighted by Crippen LogP contribution is 2.21. The molecule has 0 aliphatic carbocycles. The Balaban J connectivity index is 1.89. The normalized spacial score (nSPS) is 11.4. The van der Waals surface area contributed by atoms with Gasteiger partial charge in [-0.25, -0.2) is 0 Å². The molecule has 1 aromatic carbocycles. The number of nitrogens with zero attached hydrogens (tertiary/aromatic N) is 4. The summed E-state index contributed by atoms with van der Waals surface area (Å²) in [5.41, 5.74) is 0.722. The lowest BCUT2D eigenvalue weighted by atomic mass is 10.2. The van der Waals surface area contributed by atoms with Crippen LogP contribution in [0.4, 0.5) is 0 Å². The van der Waals surface area contributed by atoms with Crippen molar-refractivity contribution in [2.24, 2.45) is 0 Å². The third kappa shape index (κ3) is 4.38. The fraction of sp³-hybridized carbons (Fsp3) is 0.500. The van der Waals surface area contributed by atoms with Crippen molar-refractivity contribution in [3.05, 3.63) is 34.6 Å². The molecule has 0 fully saturated rings. The Labute approximate surface area is 168 Å². The predicted molar refractivity (Wildman–Crippen MR) is 113 cm³/mol. The van der Waals surface area contributed by atoms with E-state index >= 15 is 0 Å². The minimum atomic E-state index is -0.0471. The molecule has 0 atom stereocenters. The van der Waals surface area contributed by atoms with Crippen molar-refractivity contribution in [2.45, 2.75) is 57.7 Å². The van der Waals surface area contributed by atoms with E-state index in [0.29, 0.717) is 29.4 Å². The quantitative estimate of drug-likeness (QED) is 0.417. The first kappa shape index (κ1) is 20.4. The summed E-state index contributed by atoms with van der Waals surface area (Å²) in [6.45, 7) is 5.53. The van der Waals surface area contributed by atoms with Gasteiger partial charge in [0.05, 0.1) is 16.7 Å². The summed E-state index contributed by atoms with van der Waals surface area (Å²) < 4.78 is 3.58. The Bertz CT molecular complexity index is 1010. The van der Waals surface area contributed by atoms with Crippen molar-refractivity contribution in [3.8, 4) is 0 Å². The van der Waals surface area contributed by atoms with E-state index < -0.39 is 0 Å². The van der Waals surface area contributed by atoms with Gasteiger partial charge in [-0.05, 0) is 25.0 Å². The highest BCUT2D eigenvalue weighted by atomic mass is 32.2. The number of aryl methyl sites for hydroxylation is 1. The van der Waals surface area contributed by atoms with E-state index in [0.717, 1.165) is 37.6 Å². The molecule has 7 nitrogen and oxygen atoms in total. The summed E-state index contributed by atoms with van der Waals surface area (Å²) in [7, 11) is 0. The molecular weight excluding hydrogens is 374 g/mol. The van der Waals surface area contributed by atoms with Crippen LogP contribution in [-0.4, -0.2) is 37.4 Å². The van der Waals surface area contributed by atoms with Crippen LogP contribution < -0.4 is 10.9 Å². The predicted octanol–water partition coefficient (Wildman–Crippen LogP) is 3.24. The summed E-state index contributed by atoms with van der Waals surface area (Å²) >= 11 is 1.34. The van der Waals surface area contributed by atoms with Gasteiger partial charge >= 0.3 is 0 Å². The van der Waals surface area contributed by atoms with Crippen LogP contribution in [0.3, 0.4) is 0 Å². The maximum Gasteiger partial charge on any atom is 0.262 e. The zero-order valence-corrected chi connectivity index (χ0v) is 17.3. The van der Waals surface area contributed by atoms with E-state index in [1.165, 1.54) is 11.8 Å². The minimum Gasteiger partial charge on any atom is -0.355 e. The molecule has 3 aromatic rings. The lowest BCUT2D eigenvalue weighted by Crippen LogP contribution is -2.26. The van der Waals surface area contributed by atoms with E-state index in [1.807, 2.05) is 28.7 Å². The molecule has 1 N–H and O–H groups in total. The van der Waals surface area contributed by atoms with Crippen molar-refractivity contribution in [1.82, 2.24) is 24.5 Å². The largest absolute Gasteiger partial charge is 0.355 e. The Morgan fingerprint density at radius 1 is 1.11 bits per heavy atom. The number of nitrogens with one attached hydrogen (secondary N) is 1. The molecule has 0 aliphatic heterocycles. The number of rotatable bonds is 10. The number of para-hydroxylation sites is 1. The van der Waals surface area contributed by atoms with Gasteiger partial charge in [-0.1, -0.05) is 57.0 Å². The lowest BCUT2D eigenvalue weighted by Gasteiger charge is -2.10. The van der Waals surface area contributed by atoms with Crippen molar-refractivity contribution < 1.29 is 4.79 Å². The highest BCUT2D eigenvalue weighted by molar-refractivity contribution is 7.99. The Hall–Kier alpha value is -2.35. The lowest BCUT2D eigenvalue weighted by molar-refractivity contribution is -0.118. The second-order valence-corrected chi connectivity index (χ2v) is 7.73. The van der Waals surface area contributed by atoms with Crippen LogP contribution in [0.1, 0.15) is 46.0 Å². The molecule has 0 spiro atoms. The fourth-order valence-electron chi connectivity index (χ4n) is 3.13. The molecule has 0 saturated carbocycles. The number of unbranched alkanes of at least 4 members (excludes halogenated alkanes) is 3. The molecule has 0 bridgehead atoms. The number of benzene rings is 1. The smallest absolute Gasteiger partial charge is 0.262 e. The molecule has 2 heterocycles. The van der Waals surface area contributed by atoms with Crippen LogP contribution in [0.2, 0.25) is 0 Å². The van der Waals surface area contributed by atoms with Crippen molar-refractivity contribution in [3.63, 3.8) is 0 Å². The fourth-order valence-corrected chi connectivity index (χ4v) is 3.90. The zero-order valence-electron chi connectivity index (χ0n) is 16.5. The number of hydrogen-bond donors (Lipinski definition) is 1. The maximum absolute atomic E-state index is 12.9. The third-order valence-electron chi connectivity index (χ3n) is 4.65. The van der Waals surface area contributed by atoms with Crippen molar-refractivity contribution in [1.29, 1.82) is 0 Å². The van der Waals surface area contributed by atoms with E-state index in [9.17, 15) is 9.59 Å². The molecule has 150 valence electrons. The second kappa shape index (κ2) is 9.73. The van der Waals surface area contributed by atoms with Gasteiger partial charge in [-0.3, -0.25) is 18.6 Å². The van der Waals surface area contributed by atoms with Crippen LogP contribution in [-0.2, 0) is 11.3 Å². The number of amides is 1. The van der Waals surface area contributed by atoms with Gasteiger partial charge in [0, 0.05) is 13.1 Å². The molecule has 0 aliphatic rings. The Morgan fingerprint density at radius 3 is 2.68 bits per heavy atom. The monoisotopic (exact) mass is 401 g/mol. The number of carbonyl (C=O) groups is 1. The van der Waals surface area contributed by atoms with E-state index in [4.69, 9.17) is 0 Å². The second-order valence-electron chi connectivity index (χ2n) is 6.79. The van der Waals surface area contributed by atoms with Crippen LogP contribution in [0.15, 0.2) is 34.2 Å². The number of carbonyl (C=O) groups excluding carboxylic acids is 1. The highest BCUT2D eigenvalue weighted by Gasteiger charge is 2.17. The standard InChI is InChI=1S/C20H27N5O2S/c1-3-5-9-12-21-17(26)14-28-20-23-22-19-24(13-6-4-2)18(27)15-10-7-8-11-16(15)25(19)20/h7-8,10-11H,3-6,9,12-14H2,1-2H3,(H,21,26). The number of fused-ring (bicyclic) bond motifs is 3. The molecule has 1 amide bonds. The summed E-state index contributed by atoms with van der Waals surface area (Å²) in [5.74, 6) is 0.791. The summed E-state index contributed by atoms with van der Waals surface area (Å²) in [6.07, 6.45) is 5.12. The van der Waals surface area contributed by atoms with Gasteiger partial charge < -0.3 is 5.32 Å². The average Bonchev–Trinajstić information content (AvgIpc) is 3.13. The van der Waals surface area contributed by atoms with Gasteiger partial charge in [-0.15, -0.1) is 10.2 Å². The van der Waals surface area contributed by atoms with E-state index in [-0.39, 0.29) is 17.2 Å². The summed E-state index contributed by atoms with van der Waals surface area (Å²) in [6, 6.07) is 7.48. The molecule has 3 rings (SSSR count). The third-order valence-corrected chi connectivity index (χ3v) is 5.58. The Kier molecular flexibility index (Phi) is 7.08. The number of thioether (sulfide) groups is 1. The molecule has 0 radical (unpaired) electrons. The molecule has 0 saturated heterocycles. The molecule has 0 unspecified atom stereocenters. The van der Waals surface area contributed by atoms with Crippen LogP contribution in [0, 0.1) is 0 Å². The van der Waals surface area contributed by atoms with Gasteiger partial charge in [0.2, 0.25) is 11.7 Å². The molecular formula is C20H27N5O2S. The van der Waals surface area contributed by atoms with Gasteiger partial charge in [0.25, 0.3) is 5.56 Å². The number of aromatic nitrogens is 4. The van der Waals surface area contributed by atoms with Gasteiger partial charge in [0.15, 0.2) is 5.16 Å². The van der Waals surface area contributed by atoms with Crippen molar-refractivity contribution >= 4 is 34.3 Å². The number of hydrogen-bond acceptors (Lipinski definition) is 5. The van der Waals surface area contributed by atoms with Crippen LogP contribution in [0.5, 0.6) is 0 Å². The molecule has 2 aromatic heterocycles. The summed E-state index contributed by atoms with van der Waals surface area (Å²) in [4.78, 5) is 25.0. The molecule has 28 heavy (non-hydrogen) atoms. The van der Waals surface area contributed by atoms with Crippen molar-refractivity contribution in [2.75, 3.05) is 12.3 Å². The Morgan fingerprint density at radius 2 is 1.89 bits per heavy atom. The average molecular weight is 402 g/mol. The summed E-state index contributed by atoms with van der Waals surface area (Å²) in [5, 5.41) is 12.7. The minimum absolute atomic E-state index is 0.0125. The first-order chi connectivity index (χ1) is 13.7. The first-order valence-corrected chi connectivity index (χ1v) is 10.9. The van der Waals surface area contributed by atoms with Gasteiger partial charge in [0.1, 0.15) is 0 Å². The maximum atomic E-state index is 12.9. The van der Waals surface area contributed by atoms with Gasteiger partial charge in [-0.2, -0.15) is 0 Å². The van der Waals surface area contributed by atoms with E-state index in [2.05, 4.69) is 29.4 Å².